The lowest BCUT2D eigenvalue weighted by Gasteiger charge is -2.45. The van der Waals surface area contributed by atoms with Crippen molar-refractivity contribution in [3.05, 3.63) is 109 Å². The lowest BCUT2D eigenvalue weighted by atomic mass is 9.99. The molecule has 0 fully saturated rings. The van der Waals surface area contributed by atoms with E-state index in [1.165, 1.54) is 4.90 Å². The van der Waals surface area contributed by atoms with Crippen molar-refractivity contribution >= 4 is 30.9 Å². The van der Waals surface area contributed by atoms with Crippen molar-refractivity contribution in [2.75, 3.05) is 20.6 Å². The largest absolute Gasteiger partial charge is 0.414 e. The van der Waals surface area contributed by atoms with Crippen LogP contribution in [0.3, 0.4) is 0 Å². The van der Waals surface area contributed by atoms with Gasteiger partial charge in [0.05, 0.1) is 6.10 Å². The molecular weight excluding hydrogens is 516 g/mol. The summed E-state index contributed by atoms with van der Waals surface area (Å²) >= 11 is 0. The number of aliphatic hydroxyl groups excluding tert-OH is 1. The van der Waals surface area contributed by atoms with Crippen LogP contribution < -0.4 is 20.4 Å². The molecule has 0 spiro atoms. The number of amides is 1. The zero-order valence-electron chi connectivity index (χ0n) is 24.3. The molecule has 3 rings (SSSR count). The number of carbonyl (C=O) groups excluding carboxylic acids is 1. The van der Waals surface area contributed by atoms with E-state index in [4.69, 9.17) is 9.16 Å². The van der Waals surface area contributed by atoms with Gasteiger partial charge in [0.15, 0.2) is 0 Å². The van der Waals surface area contributed by atoms with Crippen molar-refractivity contribution in [3.63, 3.8) is 0 Å². The van der Waals surface area contributed by atoms with E-state index >= 15 is 0 Å². The van der Waals surface area contributed by atoms with Crippen LogP contribution in [0.15, 0.2) is 98.1 Å². The molecule has 2 unspecified atom stereocenters. The molecule has 0 aromatic heterocycles. The molecule has 0 aliphatic heterocycles. The quantitative estimate of drug-likeness (QED) is 0.175. The van der Waals surface area contributed by atoms with Crippen LogP contribution >= 0.6 is 0 Å². The summed E-state index contributed by atoms with van der Waals surface area (Å²) in [6.07, 6.45) is 1.90. The number of rotatable bonds is 12. The molecule has 0 aliphatic carbocycles. The Morgan fingerprint density at radius 3 is 2.05 bits per heavy atom. The first-order chi connectivity index (χ1) is 19.0. The topological polar surface area (TPSA) is 71.0 Å². The van der Waals surface area contributed by atoms with E-state index in [2.05, 4.69) is 87.8 Å². The van der Waals surface area contributed by atoms with Gasteiger partial charge in [-0.25, -0.2) is 4.79 Å². The summed E-state index contributed by atoms with van der Waals surface area (Å²) in [6.45, 7) is 15.0. The molecule has 3 aromatic carbocycles. The number of carbonyl (C=O) groups is 1. The van der Waals surface area contributed by atoms with Crippen LogP contribution in [0.2, 0.25) is 5.04 Å². The molecule has 1 amide bonds. The highest BCUT2D eigenvalue weighted by molar-refractivity contribution is 6.99. The molecule has 0 saturated heterocycles. The zero-order valence-corrected chi connectivity index (χ0v) is 25.3. The monoisotopic (exact) mass is 558 g/mol. The Morgan fingerprint density at radius 1 is 1.00 bits per heavy atom. The Hall–Kier alpha value is -3.49. The highest BCUT2D eigenvalue weighted by atomic mass is 28.4. The van der Waals surface area contributed by atoms with Gasteiger partial charge in [0, 0.05) is 27.1 Å². The number of ether oxygens (including phenoxy) is 1. The average Bonchev–Trinajstić information content (AvgIpc) is 2.94. The number of hydrogen-bond donors (Lipinski definition) is 2. The van der Waals surface area contributed by atoms with E-state index in [9.17, 15) is 9.90 Å². The van der Waals surface area contributed by atoms with Gasteiger partial charge in [0.2, 0.25) is 0 Å². The third kappa shape index (κ3) is 7.17. The maximum Gasteiger partial charge on any atom is 0.414 e. The predicted molar refractivity (Wildman–Crippen MR) is 167 cm³/mol. The Bertz CT molecular complexity index is 1230. The molecule has 7 heteroatoms. The van der Waals surface area contributed by atoms with Crippen molar-refractivity contribution in [2.45, 2.75) is 44.6 Å². The van der Waals surface area contributed by atoms with E-state index in [-0.39, 0.29) is 11.5 Å². The third-order valence-electron chi connectivity index (χ3n) is 6.87. The van der Waals surface area contributed by atoms with E-state index in [0.717, 1.165) is 10.4 Å². The van der Waals surface area contributed by atoms with Gasteiger partial charge in [-0.05, 0) is 38.7 Å². The average molecular weight is 559 g/mol. The highest BCUT2D eigenvalue weighted by Crippen LogP contribution is 2.38. The molecular formula is C33H42N2O4Si. The molecule has 0 radical (unpaired) electrons. The fourth-order valence-corrected chi connectivity index (χ4v) is 9.53. The van der Waals surface area contributed by atoms with Crippen LogP contribution in [0.4, 0.5) is 4.79 Å². The summed E-state index contributed by atoms with van der Waals surface area (Å²) in [5.74, 6) is 0.384. The van der Waals surface area contributed by atoms with E-state index in [1.54, 1.807) is 44.4 Å². The second kappa shape index (κ2) is 13.7. The van der Waals surface area contributed by atoms with Crippen molar-refractivity contribution in [1.29, 1.82) is 0 Å². The number of benzene rings is 3. The molecule has 2 N–H and O–H groups in total. The molecule has 40 heavy (non-hydrogen) atoms. The van der Waals surface area contributed by atoms with Gasteiger partial charge >= 0.3 is 6.09 Å². The van der Waals surface area contributed by atoms with Gasteiger partial charge in [-0.2, -0.15) is 0 Å². The summed E-state index contributed by atoms with van der Waals surface area (Å²) in [5.41, 5.74) is 1.36. The minimum atomic E-state index is -2.88. The third-order valence-corrected chi connectivity index (χ3v) is 11.9. The number of nitrogens with one attached hydrogen (secondary N) is 1. The maximum atomic E-state index is 12.0. The summed E-state index contributed by atoms with van der Waals surface area (Å²) in [7, 11) is 0.364. The fraction of sp³-hybridized carbons (Fsp3) is 0.303. The van der Waals surface area contributed by atoms with Gasteiger partial charge in [-0.3, -0.25) is 5.32 Å². The van der Waals surface area contributed by atoms with Gasteiger partial charge < -0.3 is 19.2 Å². The highest BCUT2D eigenvalue weighted by Gasteiger charge is 2.51. The van der Waals surface area contributed by atoms with Crippen molar-refractivity contribution in [2.24, 2.45) is 0 Å². The summed E-state index contributed by atoms with van der Waals surface area (Å²) in [6, 6.07) is 26.0. The summed E-state index contributed by atoms with van der Waals surface area (Å²) in [4.78, 5) is 13.4. The van der Waals surface area contributed by atoms with Crippen LogP contribution in [0.1, 0.15) is 44.4 Å². The molecule has 0 bridgehead atoms. The van der Waals surface area contributed by atoms with Crippen LogP contribution in [0.5, 0.6) is 5.75 Å². The van der Waals surface area contributed by atoms with Crippen LogP contribution in [0.25, 0.3) is 6.08 Å². The van der Waals surface area contributed by atoms with Gasteiger partial charge in [-0.15, -0.1) is 6.58 Å². The normalized spacial score (nSPS) is 13.2. The molecule has 3 aromatic rings. The van der Waals surface area contributed by atoms with Gasteiger partial charge in [0.25, 0.3) is 8.32 Å². The second-order valence-corrected chi connectivity index (χ2v) is 15.2. The Balaban J connectivity index is 2.02. The maximum absolute atomic E-state index is 12.0. The van der Waals surface area contributed by atoms with Crippen LogP contribution in [-0.2, 0) is 4.43 Å². The van der Waals surface area contributed by atoms with Crippen LogP contribution in [-0.4, -0.2) is 51.3 Å². The van der Waals surface area contributed by atoms with Crippen LogP contribution in [0, 0.1) is 0 Å². The molecule has 2 atom stereocenters. The fourth-order valence-electron chi connectivity index (χ4n) is 4.91. The van der Waals surface area contributed by atoms with Crippen molar-refractivity contribution in [1.82, 2.24) is 10.2 Å². The van der Waals surface area contributed by atoms with Crippen molar-refractivity contribution < 1.29 is 19.1 Å². The molecule has 0 saturated carbocycles. The minimum absolute atomic E-state index is 0.223. The number of aliphatic hydroxyl groups is 1. The first-order valence-electron chi connectivity index (χ1n) is 13.5. The smallest absolute Gasteiger partial charge is 0.410 e. The number of hydrogen-bond acceptors (Lipinski definition) is 5. The first kappa shape index (κ1) is 31.0. The second-order valence-electron chi connectivity index (χ2n) is 11.0. The SMILES string of the molecule is C=CCNC(CC(O)c1ccc(OC(=O)N(C)C)cc1C=C)O[Si](c1ccccc1)(c1ccccc1)C(C)(C)C. The first-order valence-corrected chi connectivity index (χ1v) is 15.4. The molecule has 212 valence electrons. The Labute approximate surface area is 240 Å². The minimum Gasteiger partial charge on any atom is -0.410 e. The summed E-state index contributed by atoms with van der Waals surface area (Å²) in [5, 5.41) is 17.1. The van der Waals surface area contributed by atoms with E-state index in [1.807, 2.05) is 12.1 Å². The standard InChI is InChI=1S/C33H42N2O4Si/c1-8-22-34-31(24-30(36)29-21-20-26(23-25(29)9-2)38-32(37)35(6)7)39-40(33(3,4)5,27-16-12-10-13-17-27)28-18-14-11-15-19-28/h8-21,23,30-31,34,36H,1-2,22,24H2,3-7H3. The Morgan fingerprint density at radius 2 is 1.57 bits per heavy atom. The summed E-state index contributed by atoms with van der Waals surface area (Å²) < 4.78 is 12.7. The van der Waals surface area contributed by atoms with E-state index in [0.29, 0.717) is 23.4 Å². The molecule has 6 nitrogen and oxygen atoms in total. The predicted octanol–water partition coefficient (Wildman–Crippen LogP) is 5.49. The van der Waals surface area contributed by atoms with Gasteiger partial charge in [0.1, 0.15) is 12.0 Å². The van der Waals surface area contributed by atoms with E-state index < -0.39 is 26.7 Å². The Kier molecular flexibility index (Phi) is 10.6. The molecule has 0 aliphatic rings. The van der Waals surface area contributed by atoms with Crippen molar-refractivity contribution in [3.8, 4) is 5.75 Å². The lowest BCUT2D eigenvalue weighted by molar-refractivity contribution is 0.0716. The zero-order chi connectivity index (χ0) is 29.3. The van der Waals surface area contributed by atoms with Gasteiger partial charge in [-0.1, -0.05) is 106 Å². The number of nitrogens with zero attached hydrogens (tertiary/aromatic N) is 1. The molecule has 0 heterocycles. The lowest BCUT2D eigenvalue weighted by Crippen LogP contribution is -2.68.